The topological polar surface area (TPSA) is 87.5 Å². The van der Waals surface area contributed by atoms with Crippen LogP contribution in [0.15, 0.2) is 42.5 Å². The van der Waals surface area contributed by atoms with Crippen molar-refractivity contribution >= 4 is 11.6 Å². The molecule has 0 saturated carbocycles. The Morgan fingerprint density at radius 2 is 1.90 bits per heavy atom. The van der Waals surface area contributed by atoms with Crippen molar-refractivity contribution in [3.8, 4) is 34.6 Å². The molecule has 1 N–H and O–H groups in total. The number of hydrogen-bond acceptors (Lipinski definition) is 6. The van der Waals surface area contributed by atoms with Crippen molar-refractivity contribution in [1.82, 2.24) is 14.8 Å². The van der Waals surface area contributed by atoms with Gasteiger partial charge in [0.2, 0.25) is 12.7 Å². The molecule has 8 heteroatoms. The zero-order chi connectivity index (χ0) is 21.6. The highest BCUT2D eigenvalue weighted by Gasteiger charge is 2.19. The molecule has 0 radical (unpaired) electrons. The first kappa shape index (κ1) is 20.7. The number of benzene rings is 2. The van der Waals surface area contributed by atoms with Gasteiger partial charge in [-0.2, -0.15) is 4.98 Å². The summed E-state index contributed by atoms with van der Waals surface area (Å²) >= 11 is 0. The van der Waals surface area contributed by atoms with Crippen LogP contribution in [0.3, 0.4) is 0 Å². The summed E-state index contributed by atoms with van der Waals surface area (Å²) in [6.45, 7) is 2.37. The summed E-state index contributed by atoms with van der Waals surface area (Å²) in [6, 6.07) is 13.4. The third-order valence-corrected chi connectivity index (χ3v) is 5.05. The molecule has 1 amide bonds. The Hall–Kier alpha value is -3.55. The van der Waals surface area contributed by atoms with Crippen molar-refractivity contribution in [3.05, 3.63) is 42.5 Å². The summed E-state index contributed by atoms with van der Waals surface area (Å²) in [6.07, 6.45) is 4.85. The van der Waals surface area contributed by atoms with E-state index in [2.05, 4.69) is 22.3 Å². The van der Waals surface area contributed by atoms with Crippen molar-refractivity contribution in [2.24, 2.45) is 0 Å². The molecule has 0 spiro atoms. The van der Waals surface area contributed by atoms with Crippen LogP contribution in [0.4, 0.5) is 5.69 Å². The van der Waals surface area contributed by atoms with Gasteiger partial charge < -0.3 is 19.5 Å². The Morgan fingerprint density at radius 1 is 1.10 bits per heavy atom. The van der Waals surface area contributed by atoms with E-state index in [0.717, 1.165) is 42.6 Å². The number of amides is 1. The van der Waals surface area contributed by atoms with Gasteiger partial charge in [-0.25, -0.2) is 4.68 Å². The Kier molecular flexibility index (Phi) is 6.35. The van der Waals surface area contributed by atoms with Gasteiger partial charge in [-0.05, 0) is 48.9 Å². The predicted octanol–water partition coefficient (Wildman–Crippen LogP) is 4.58. The average Bonchev–Trinajstić information content (AvgIpc) is 3.43. The summed E-state index contributed by atoms with van der Waals surface area (Å²) in [5.41, 5.74) is 2.37. The van der Waals surface area contributed by atoms with E-state index in [0.29, 0.717) is 23.7 Å². The van der Waals surface area contributed by atoms with Crippen LogP contribution >= 0.6 is 0 Å². The van der Waals surface area contributed by atoms with Gasteiger partial charge in [0.25, 0.3) is 0 Å². The number of ether oxygens (including phenoxy) is 3. The molecule has 1 aliphatic rings. The zero-order valence-electron chi connectivity index (χ0n) is 17.8. The molecule has 0 atom stereocenters. The molecule has 4 rings (SSSR count). The van der Waals surface area contributed by atoms with Gasteiger partial charge in [0, 0.05) is 17.7 Å². The first-order valence-corrected chi connectivity index (χ1v) is 10.5. The van der Waals surface area contributed by atoms with Gasteiger partial charge in [0.15, 0.2) is 17.3 Å². The van der Waals surface area contributed by atoms with E-state index in [1.54, 1.807) is 4.68 Å². The van der Waals surface area contributed by atoms with Crippen LogP contribution in [0.25, 0.3) is 17.1 Å². The van der Waals surface area contributed by atoms with Crippen LogP contribution < -0.4 is 19.5 Å². The monoisotopic (exact) mass is 422 g/mol. The summed E-state index contributed by atoms with van der Waals surface area (Å²) in [7, 11) is 1.53. The van der Waals surface area contributed by atoms with E-state index in [-0.39, 0.29) is 18.7 Å². The summed E-state index contributed by atoms with van der Waals surface area (Å²) < 4.78 is 17.8. The number of aromatic nitrogens is 3. The summed E-state index contributed by atoms with van der Waals surface area (Å²) in [5.74, 6) is 2.02. The number of nitrogens with one attached hydrogen (secondary N) is 1. The molecular formula is C23H26N4O4. The molecule has 2 heterocycles. The minimum atomic E-state index is 0.0346. The number of carbonyl (C=O) groups excluding carboxylic acids is 1. The Labute approximate surface area is 181 Å². The number of rotatable bonds is 9. The van der Waals surface area contributed by atoms with Crippen molar-refractivity contribution < 1.29 is 19.0 Å². The summed E-state index contributed by atoms with van der Waals surface area (Å²) in [5, 5.41) is 7.39. The molecule has 0 bridgehead atoms. The number of anilines is 1. The standard InChI is InChI=1S/C23H26N4O4/c1-3-4-5-6-7-21(28)24-17-9-11-18(12-10-17)27-22(25-23(26-27)29-2)16-8-13-19-20(14-16)31-15-30-19/h8-14H,3-7,15H2,1-2H3,(H,24,28). The lowest BCUT2D eigenvalue weighted by atomic mass is 10.1. The van der Waals surface area contributed by atoms with Crippen molar-refractivity contribution in [3.63, 3.8) is 0 Å². The van der Waals surface area contributed by atoms with E-state index in [4.69, 9.17) is 14.2 Å². The number of methoxy groups -OCH3 is 1. The normalized spacial score (nSPS) is 12.1. The van der Waals surface area contributed by atoms with Gasteiger partial charge in [-0.15, -0.1) is 5.10 Å². The Balaban J connectivity index is 1.52. The molecule has 1 aliphatic heterocycles. The van der Waals surface area contributed by atoms with Crippen molar-refractivity contribution in [1.29, 1.82) is 0 Å². The van der Waals surface area contributed by atoms with Crippen LogP contribution in [-0.4, -0.2) is 34.6 Å². The van der Waals surface area contributed by atoms with Gasteiger partial charge in [0.1, 0.15) is 0 Å². The van der Waals surface area contributed by atoms with Crippen LogP contribution in [0.2, 0.25) is 0 Å². The molecular weight excluding hydrogens is 396 g/mol. The van der Waals surface area contributed by atoms with Crippen LogP contribution in [-0.2, 0) is 4.79 Å². The second-order valence-electron chi connectivity index (χ2n) is 7.31. The van der Waals surface area contributed by atoms with E-state index < -0.39 is 0 Å². The fraction of sp³-hybridized carbons (Fsp3) is 0.348. The lowest BCUT2D eigenvalue weighted by Gasteiger charge is -2.09. The average molecular weight is 422 g/mol. The van der Waals surface area contributed by atoms with E-state index in [1.807, 2.05) is 42.5 Å². The molecule has 31 heavy (non-hydrogen) atoms. The maximum absolute atomic E-state index is 12.1. The molecule has 0 fully saturated rings. The first-order valence-electron chi connectivity index (χ1n) is 10.5. The zero-order valence-corrected chi connectivity index (χ0v) is 17.8. The SMILES string of the molecule is CCCCCCC(=O)Nc1ccc(-n2nc(OC)nc2-c2ccc3c(c2)OCO3)cc1. The molecule has 3 aromatic rings. The third-order valence-electron chi connectivity index (χ3n) is 5.05. The fourth-order valence-corrected chi connectivity index (χ4v) is 3.40. The number of carbonyl (C=O) groups is 1. The predicted molar refractivity (Wildman–Crippen MR) is 117 cm³/mol. The molecule has 1 aromatic heterocycles. The van der Waals surface area contributed by atoms with Crippen LogP contribution in [0.5, 0.6) is 17.5 Å². The van der Waals surface area contributed by atoms with Crippen molar-refractivity contribution in [2.75, 3.05) is 19.2 Å². The highest BCUT2D eigenvalue weighted by molar-refractivity contribution is 5.90. The number of unbranched alkanes of at least 4 members (excludes halogenated alkanes) is 3. The summed E-state index contributed by atoms with van der Waals surface area (Å²) in [4.78, 5) is 16.6. The van der Waals surface area contributed by atoms with Gasteiger partial charge >= 0.3 is 6.01 Å². The van der Waals surface area contributed by atoms with Crippen LogP contribution in [0, 0.1) is 0 Å². The molecule has 8 nitrogen and oxygen atoms in total. The minimum absolute atomic E-state index is 0.0346. The largest absolute Gasteiger partial charge is 0.466 e. The highest BCUT2D eigenvalue weighted by atomic mass is 16.7. The van der Waals surface area contributed by atoms with Gasteiger partial charge in [-0.1, -0.05) is 26.2 Å². The molecule has 0 saturated heterocycles. The molecule has 2 aromatic carbocycles. The maximum atomic E-state index is 12.1. The Bertz CT molecular complexity index is 1050. The highest BCUT2D eigenvalue weighted by Crippen LogP contribution is 2.36. The second kappa shape index (κ2) is 9.51. The fourth-order valence-electron chi connectivity index (χ4n) is 3.40. The Morgan fingerprint density at radius 3 is 2.68 bits per heavy atom. The minimum Gasteiger partial charge on any atom is -0.466 e. The quantitative estimate of drug-likeness (QED) is 0.508. The molecule has 0 aliphatic carbocycles. The van der Waals surface area contributed by atoms with Gasteiger partial charge in [-0.3, -0.25) is 4.79 Å². The first-order chi connectivity index (χ1) is 15.2. The van der Waals surface area contributed by atoms with Crippen LogP contribution in [0.1, 0.15) is 39.0 Å². The number of fused-ring (bicyclic) bond motifs is 1. The van der Waals surface area contributed by atoms with E-state index in [9.17, 15) is 4.79 Å². The third kappa shape index (κ3) is 4.79. The number of hydrogen-bond donors (Lipinski definition) is 1. The maximum Gasteiger partial charge on any atom is 0.336 e. The van der Waals surface area contributed by atoms with E-state index in [1.165, 1.54) is 7.11 Å². The smallest absolute Gasteiger partial charge is 0.336 e. The van der Waals surface area contributed by atoms with Gasteiger partial charge in [0.05, 0.1) is 12.8 Å². The van der Waals surface area contributed by atoms with Crippen molar-refractivity contribution in [2.45, 2.75) is 39.0 Å². The lowest BCUT2D eigenvalue weighted by molar-refractivity contribution is -0.116. The molecule has 162 valence electrons. The second-order valence-corrected chi connectivity index (χ2v) is 7.31. The molecule has 0 unspecified atom stereocenters. The lowest BCUT2D eigenvalue weighted by Crippen LogP contribution is -2.11. The van der Waals surface area contributed by atoms with E-state index >= 15 is 0 Å². The number of nitrogens with zero attached hydrogens (tertiary/aromatic N) is 3.